The Morgan fingerprint density at radius 3 is 1.80 bits per heavy atom. The monoisotopic (exact) mass is 466 g/mol. The van der Waals surface area contributed by atoms with Crippen molar-refractivity contribution in [2.45, 2.75) is 55.4 Å². The molecule has 0 radical (unpaired) electrons. The van der Waals surface area contributed by atoms with Gasteiger partial charge in [-0.15, -0.1) is 0 Å². The van der Waals surface area contributed by atoms with Gasteiger partial charge in [0, 0.05) is 5.56 Å². The van der Waals surface area contributed by atoms with Gasteiger partial charge in [0.15, 0.2) is 11.5 Å². The lowest BCUT2D eigenvalue weighted by Gasteiger charge is -2.22. The molecule has 35 heavy (non-hydrogen) atoms. The summed E-state index contributed by atoms with van der Waals surface area (Å²) in [6, 6.07) is 20.5. The summed E-state index contributed by atoms with van der Waals surface area (Å²) in [5, 5.41) is 0. The number of hydrogen-bond acceptors (Lipinski definition) is 3. The molecule has 3 heteroatoms. The lowest BCUT2D eigenvalue weighted by molar-refractivity contribution is 0.403. The van der Waals surface area contributed by atoms with E-state index < -0.39 is 0 Å². The van der Waals surface area contributed by atoms with Crippen molar-refractivity contribution < 1.29 is 14.2 Å². The van der Waals surface area contributed by atoms with Gasteiger partial charge in [-0.05, 0) is 119 Å². The summed E-state index contributed by atoms with van der Waals surface area (Å²) in [5.41, 5.74) is 8.67. The van der Waals surface area contributed by atoms with Crippen molar-refractivity contribution in [3.05, 3.63) is 105 Å². The Balaban J connectivity index is 1.85. The normalized spacial score (nSPS) is 10.9. The van der Waals surface area contributed by atoms with Gasteiger partial charge >= 0.3 is 0 Å². The van der Waals surface area contributed by atoms with Gasteiger partial charge in [0.1, 0.15) is 23.0 Å². The van der Waals surface area contributed by atoms with Crippen molar-refractivity contribution in [3.63, 3.8) is 0 Å². The maximum absolute atomic E-state index is 6.61. The third-order valence-corrected chi connectivity index (χ3v) is 6.49. The van der Waals surface area contributed by atoms with Crippen molar-refractivity contribution in [1.82, 2.24) is 0 Å². The van der Waals surface area contributed by atoms with Gasteiger partial charge in [-0.2, -0.15) is 0 Å². The summed E-state index contributed by atoms with van der Waals surface area (Å²) < 4.78 is 19.5. The van der Waals surface area contributed by atoms with Crippen LogP contribution in [0.4, 0.5) is 0 Å². The Hall–Kier alpha value is -3.72. The number of hydrogen-bond donors (Lipinski definition) is 0. The van der Waals surface area contributed by atoms with Crippen molar-refractivity contribution in [1.29, 1.82) is 0 Å². The van der Waals surface area contributed by atoms with Crippen LogP contribution in [-0.4, -0.2) is 0 Å². The molecule has 0 aliphatic rings. The molecule has 4 aromatic carbocycles. The molecule has 0 atom stereocenters. The van der Waals surface area contributed by atoms with Crippen LogP contribution in [0.15, 0.2) is 60.7 Å². The van der Waals surface area contributed by atoms with Gasteiger partial charge in [0.25, 0.3) is 0 Å². The molecule has 0 heterocycles. The first-order valence-electron chi connectivity index (χ1n) is 12.0. The van der Waals surface area contributed by atoms with Crippen LogP contribution in [0.3, 0.4) is 0 Å². The number of ether oxygens (including phenoxy) is 3. The average Bonchev–Trinajstić information content (AvgIpc) is 2.80. The summed E-state index contributed by atoms with van der Waals surface area (Å²) in [6.07, 6.45) is 0. The number of para-hydroxylation sites is 1. The predicted molar refractivity (Wildman–Crippen MR) is 144 cm³/mol. The SMILES string of the molecule is Cc1ccc(C)c(Oc2c(C)cc(Oc3ccc(C)c(C)c3)c(Oc3c(C)cccc3C)c2C)c1. The second-order valence-corrected chi connectivity index (χ2v) is 9.52. The molecule has 0 saturated carbocycles. The van der Waals surface area contributed by atoms with Crippen LogP contribution in [0.1, 0.15) is 44.5 Å². The van der Waals surface area contributed by atoms with Crippen molar-refractivity contribution >= 4 is 0 Å². The van der Waals surface area contributed by atoms with E-state index in [4.69, 9.17) is 14.2 Å². The van der Waals surface area contributed by atoms with Crippen LogP contribution in [0.25, 0.3) is 0 Å². The van der Waals surface area contributed by atoms with Crippen LogP contribution in [0, 0.1) is 55.4 Å². The van der Waals surface area contributed by atoms with E-state index in [9.17, 15) is 0 Å². The molecule has 180 valence electrons. The molecule has 0 unspecified atom stereocenters. The summed E-state index contributed by atoms with van der Waals surface area (Å²) in [4.78, 5) is 0. The third kappa shape index (κ3) is 5.19. The smallest absolute Gasteiger partial charge is 0.176 e. The van der Waals surface area contributed by atoms with Gasteiger partial charge in [-0.3, -0.25) is 0 Å². The molecule has 0 aliphatic carbocycles. The van der Waals surface area contributed by atoms with Crippen molar-refractivity contribution in [2.24, 2.45) is 0 Å². The van der Waals surface area contributed by atoms with E-state index in [1.807, 2.05) is 32.0 Å². The van der Waals surface area contributed by atoms with E-state index >= 15 is 0 Å². The van der Waals surface area contributed by atoms with E-state index in [0.29, 0.717) is 11.5 Å². The molecule has 0 bridgehead atoms. The summed E-state index contributed by atoms with van der Waals surface area (Å²) in [7, 11) is 0. The van der Waals surface area contributed by atoms with Crippen LogP contribution < -0.4 is 14.2 Å². The summed E-state index contributed by atoms with van der Waals surface area (Å²) in [5.74, 6) is 4.57. The fourth-order valence-electron chi connectivity index (χ4n) is 4.16. The molecule has 0 amide bonds. The van der Waals surface area contributed by atoms with Crippen LogP contribution in [0.5, 0.6) is 34.5 Å². The number of aryl methyl sites for hydroxylation is 7. The number of benzene rings is 4. The molecule has 4 aromatic rings. The number of rotatable bonds is 6. The second kappa shape index (κ2) is 9.87. The van der Waals surface area contributed by atoms with E-state index in [0.717, 1.165) is 56.4 Å². The maximum Gasteiger partial charge on any atom is 0.176 e. The maximum atomic E-state index is 6.61. The average molecular weight is 467 g/mol. The molecule has 0 N–H and O–H groups in total. The standard InChI is InChI=1S/C32H34O3/c1-19-12-13-21(3)28(16-19)34-31-25(7)18-29(33-27-15-14-20(2)24(6)17-27)32(26(31)8)35-30-22(4)10-9-11-23(30)5/h9-18H,1-8H3. The first kappa shape index (κ1) is 24.4. The zero-order chi connectivity index (χ0) is 25.3. The Morgan fingerprint density at radius 1 is 0.429 bits per heavy atom. The second-order valence-electron chi connectivity index (χ2n) is 9.52. The minimum absolute atomic E-state index is 0.659. The van der Waals surface area contributed by atoms with Gasteiger partial charge in [0.2, 0.25) is 0 Å². The predicted octanol–water partition coefficient (Wildman–Crippen LogP) is 9.53. The summed E-state index contributed by atoms with van der Waals surface area (Å²) in [6.45, 7) is 16.5. The van der Waals surface area contributed by atoms with Crippen LogP contribution in [-0.2, 0) is 0 Å². The molecule has 0 fully saturated rings. The Morgan fingerprint density at radius 2 is 1.11 bits per heavy atom. The van der Waals surface area contributed by atoms with Crippen molar-refractivity contribution in [2.75, 3.05) is 0 Å². The lowest BCUT2D eigenvalue weighted by atomic mass is 10.1. The largest absolute Gasteiger partial charge is 0.456 e. The summed E-state index contributed by atoms with van der Waals surface area (Å²) >= 11 is 0. The highest BCUT2D eigenvalue weighted by Gasteiger charge is 2.21. The van der Waals surface area contributed by atoms with Gasteiger partial charge < -0.3 is 14.2 Å². The highest BCUT2D eigenvalue weighted by molar-refractivity contribution is 5.61. The molecular weight excluding hydrogens is 432 g/mol. The third-order valence-electron chi connectivity index (χ3n) is 6.49. The zero-order valence-corrected chi connectivity index (χ0v) is 22.0. The minimum Gasteiger partial charge on any atom is -0.456 e. The molecule has 0 saturated heterocycles. The highest BCUT2D eigenvalue weighted by atomic mass is 16.5. The van der Waals surface area contributed by atoms with Crippen LogP contribution in [0.2, 0.25) is 0 Å². The zero-order valence-electron chi connectivity index (χ0n) is 22.0. The Bertz CT molecular complexity index is 1380. The van der Waals surface area contributed by atoms with Crippen LogP contribution >= 0.6 is 0 Å². The van der Waals surface area contributed by atoms with Crippen molar-refractivity contribution in [3.8, 4) is 34.5 Å². The Labute approximate surface area is 209 Å². The van der Waals surface area contributed by atoms with E-state index in [1.54, 1.807) is 0 Å². The molecular formula is C32H34O3. The van der Waals surface area contributed by atoms with E-state index in [-0.39, 0.29) is 0 Å². The first-order chi connectivity index (χ1) is 16.6. The quantitative estimate of drug-likeness (QED) is 0.283. The lowest BCUT2D eigenvalue weighted by Crippen LogP contribution is -2.01. The fraction of sp³-hybridized carbons (Fsp3) is 0.250. The van der Waals surface area contributed by atoms with E-state index in [2.05, 4.69) is 84.0 Å². The van der Waals surface area contributed by atoms with Gasteiger partial charge in [-0.1, -0.05) is 36.4 Å². The fourth-order valence-corrected chi connectivity index (χ4v) is 4.16. The highest BCUT2D eigenvalue weighted by Crippen LogP contribution is 2.46. The minimum atomic E-state index is 0.659. The first-order valence-corrected chi connectivity index (χ1v) is 12.0. The molecule has 0 spiro atoms. The molecule has 4 rings (SSSR count). The molecule has 0 aromatic heterocycles. The molecule has 0 aliphatic heterocycles. The van der Waals surface area contributed by atoms with Gasteiger partial charge in [0.05, 0.1) is 0 Å². The topological polar surface area (TPSA) is 27.7 Å². The molecule has 3 nitrogen and oxygen atoms in total. The van der Waals surface area contributed by atoms with E-state index in [1.165, 1.54) is 11.1 Å². The Kier molecular flexibility index (Phi) is 6.88. The van der Waals surface area contributed by atoms with Gasteiger partial charge in [-0.25, -0.2) is 0 Å².